The number of carbonyl (C=O) groups is 1. The fourth-order valence-corrected chi connectivity index (χ4v) is 3.16. The van der Waals surface area contributed by atoms with Crippen molar-refractivity contribution in [3.05, 3.63) is 0 Å². The molecule has 3 unspecified atom stereocenters. The van der Waals surface area contributed by atoms with Crippen molar-refractivity contribution in [1.29, 1.82) is 0 Å². The van der Waals surface area contributed by atoms with Crippen LogP contribution in [-0.4, -0.2) is 18.2 Å². The Morgan fingerprint density at radius 2 is 2.06 bits per heavy atom. The van der Waals surface area contributed by atoms with Gasteiger partial charge in [-0.2, -0.15) is 0 Å². The normalized spacial score (nSPS) is 32.8. The molecule has 2 saturated carbocycles. The first-order chi connectivity index (χ1) is 7.44. The second-order valence-electron chi connectivity index (χ2n) is 6.32. The number of hydrogen-bond acceptors (Lipinski definition) is 2. The molecular weight excluding hydrogens is 202 g/mol. The fraction of sp³-hybridized carbons (Fsp3) is 0.923. The highest BCUT2D eigenvalue weighted by Gasteiger charge is 2.39. The van der Waals surface area contributed by atoms with Crippen LogP contribution in [0.2, 0.25) is 0 Å². The Morgan fingerprint density at radius 1 is 1.31 bits per heavy atom. The lowest BCUT2D eigenvalue weighted by Gasteiger charge is -2.24. The number of carbonyl (C=O) groups excluding carboxylic acids is 1. The Kier molecular flexibility index (Phi) is 3.13. The molecule has 2 aliphatic carbocycles. The van der Waals surface area contributed by atoms with Gasteiger partial charge >= 0.3 is 6.09 Å². The second-order valence-corrected chi connectivity index (χ2v) is 6.32. The number of rotatable bonds is 2. The lowest BCUT2D eigenvalue weighted by Crippen LogP contribution is -2.36. The van der Waals surface area contributed by atoms with E-state index in [2.05, 4.69) is 5.32 Å². The van der Waals surface area contributed by atoms with E-state index in [0.717, 1.165) is 18.4 Å². The molecule has 1 N–H and O–H groups in total. The number of hydrogen-bond donors (Lipinski definition) is 1. The summed E-state index contributed by atoms with van der Waals surface area (Å²) in [7, 11) is 0. The predicted octanol–water partition coefficient (Wildman–Crippen LogP) is 2.95. The maximum atomic E-state index is 11.5. The summed E-state index contributed by atoms with van der Waals surface area (Å²) >= 11 is 0. The summed E-state index contributed by atoms with van der Waals surface area (Å²) in [6, 6.07) is 0. The maximum absolute atomic E-state index is 11.5. The van der Waals surface area contributed by atoms with Crippen LogP contribution in [0, 0.1) is 17.8 Å². The molecule has 2 rings (SSSR count). The van der Waals surface area contributed by atoms with Crippen LogP contribution < -0.4 is 5.32 Å². The fourth-order valence-electron chi connectivity index (χ4n) is 3.16. The first-order valence-corrected chi connectivity index (χ1v) is 6.41. The Bertz CT molecular complexity index is 270. The largest absolute Gasteiger partial charge is 0.444 e. The first kappa shape index (κ1) is 11.7. The van der Waals surface area contributed by atoms with E-state index in [1.54, 1.807) is 0 Å². The molecule has 2 bridgehead atoms. The van der Waals surface area contributed by atoms with Gasteiger partial charge in [0.05, 0.1) is 0 Å². The van der Waals surface area contributed by atoms with Crippen LogP contribution in [0.5, 0.6) is 0 Å². The number of ether oxygens (including phenoxy) is 1. The minimum atomic E-state index is -0.390. The molecule has 0 aromatic heterocycles. The minimum absolute atomic E-state index is 0.268. The van der Waals surface area contributed by atoms with Gasteiger partial charge in [-0.25, -0.2) is 4.79 Å². The van der Waals surface area contributed by atoms with Crippen molar-refractivity contribution in [2.24, 2.45) is 17.8 Å². The number of alkyl carbamates (subject to hydrolysis) is 1. The highest BCUT2D eigenvalue weighted by molar-refractivity contribution is 5.67. The zero-order valence-corrected chi connectivity index (χ0v) is 10.6. The van der Waals surface area contributed by atoms with Gasteiger partial charge in [0.15, 0.2) is 0 Å². The Balaban J connectivity index is 1.70. The third kappa shape index (κ3) is 2.89. The highest BCUT2D eigenvalue weighted by atomic mass is 16.6. The molecule has 16 heavy (non-hydrogen) atoms. The molecule has 0 aliphatic heterocycles. The van der Waals surface area contributed by atoms with Gasteiger partial charge in [0.1, 0.15) is 5.60 Å². The van der Waals surface area contributed by atoms with Crippen LogP contribution in [0.4, 0.5) is 4.79 Å². The van der Waals surface area contributed by atoms with Gasteiger partial charge in [-0.05, 0) is 57.8 Å². The summed E-state index contributed by atoms with van der Waals surface area (Å²) in [5.74, 6) is 2.50. The summed E-state index contributed by atoms with van der Waals surface area (Å²) < 4.78 is 5.23. The molecule has 0 heterocycles. The molecule has 3 nitrogen and oxygen atoms in total. The SMILES string of the molecule is CC(C)(C)OC(=O)NCC1CC2CCC1C2. The van der Waals surface area contributed by atoms with Crippen molar-refractivity contribution >= 4 is 6.09 Å². The summed E-state index contributed by atoms with van der Waals surface area (Å²) in [5, 5.41) is 2.90. The van der Waals surface area contributed by atoms with Gasteiger partial charge in [-0.3, -0.25) is 0 Å². The molecule has 1 amide bonds. The van der Waals surface area contributed by atoms with Crippen LogP contribution in [0.15, 0.2) is 0 Å². The van der Waals surface area contributed by atoms with E-state index in [1.165, 1.54) is 25.7 Å². The molecule has 0 radical (unpaired) electrons. The molecule has 3 atom stereocenters. The predicted molar refractivity (Wildman–Crippen MR) is 63.2 cm³/mol. The molecule has 2 fully saturated rings. The molecule has 0 saturated heterocycles. The summed E-state index contributed by atoms with van der Waals surface area (Å²) in [6.07, 6.45) is 5.20. The molecule has 0 spiro atoms. The Hall–Kier alpha value is -0.730. The number of amides is 1. The van der Waals surface area contributed by atoms with Crippen LogP contribution in [0.25, 0.3) is 0 Å². The van der Waals surface area contributed by atoms with Gasteiger partial charge in [0.25, 0.3) is 0 Å². The first-order valence-electron chi connectivity index (χ1n) is 6.41. The second kappa shape index (κ2) is 4.27. The molecule has 92 valence electrons. The van der Waals surface area contributed by atoms with Gasteiger partial charge < -0.3 is 10.1 Å². The maximum Gasteiger partial charge on any atom is 0.407 e. The van der Waals surface area contributed by atoms with Crippen LogP contribution in [0.1, 0.15) is 46.5 Å². The standard InChI is InChI=1S/C13H23NO2/c1-13(2,3)16-12(15)14-8-11-7-9-4-5-10(11)6-9/h9-11H,4-8H2,1-3H3,(H,14,15). The number of fused-ring (bicyclic) bond motifs is 2. The van der Waals surface area contributed by atoms with E-state index in [9.17, 15) is 4.79 Å². The van der Waals surface area contributed by atoms with E-state index in [-0.39, 0.29) is 6.09 Å². The lowest BCUT2D eigenvalue weighted by molar-refractivity contribution is 0.0513. The zero-order valence-electron chi connectivity index (χ0n) is 10.6. The summed E-state index contributed by atoms with van der Waals surface area (Å²) in [4.78, 5) is 11.5. The highest BCUT2D eigenvalue weighted by Crippen LogP contribution is 2.47. The van der Waals surface area contributed by atoms with Crippen molar-refractivity contribution in [3.63, 3.8) is 0 Å². The quantitative estimate of drug-likeness (QED) is 0.784. The van der Waals surface area contributed by atoms with Gasteiger partial charge in [-0.15, -0.1) is 0 Å². The Labute approximate surface area is 97.9 Å². The van der Waals surface area contributed by atoms with Crippen molar-refractivity contribution < 1.29 is 9.53 Å². The van der Waals surface area contributed by atoms with E-state index < -0.39 is 5.60 Å². The van der Waals surface area contributed by atoms with E-state index in [1.807, 2.05) is 20.8 Å². The average Bonchev–Trinajstić information content (AvgIpc) is 2.72. The molecule has 3 heteroatoms. The smallest absolute Gasteiger partial charge is 0.407 e. The van der Waals surface area contributed by atoms with E-state index >= 15 is 0 Å². The minimum Gasteiger partial charge on any atom is -0.444 e. The third-order valence-electron chi connectivity index (χ3n) is 3.79. The van der Waals surface area contributed by atoms with Gasteiger partial charge in [-0.1, -0.05) is 6.42 Å². The van der Waals surface area contributed by atoms with Crippen LogP contribution in [0.3, 0.4) is 0 Å². The number of nitrogens with one attached hydrogen (secondary N) is 1. The van der Waals surface area contributed by atoms with Crippen LogP contribution in [-0.2, 0) is 4.74 Å². The topological polar surface area (TPSA) is 38.3 Å². The van der Waals surface area contributed by atoms with Crippen molar-refractivity contribution in [1.82, 2.24) is 5.32 Å². The van der Waals surface area contributed by atoms with E-state index in [0.29, 0.717) is 5.92 Å². The molecule has 2 aliphatic rings. The van der Waals surface area contributed by atoms with Crippen molar-refractivity contribution in [2.75, 3.05) is 6.54 Å². The lowest BCUT2D eigenvalue weighted by atomic mass is 9.89. The zero-order chi connectivity index (χ0) is 11.8. The molecular formula is C13H23NO2. The monoisotopic (exact) mass is 225 g/mol. The van der Waals surface area contributed by atoms with Gasteiger partial charge in [0, 0.05) is 6.54 Å². The van der Waals surface area contributed by atoms with Crippen LogP contribution >= 0.6 is 0 Å². The Morgan fingerprint density at radius 3 is 2.56 bits per heavy atom. The van der Waals surface area contributed by atoms with Gasteiger partial charge in [0.2, 0.25) is 0 Å². The van der Waals surface area contributed by atoms with Crippen molar-refractivity contribution in [2.45, 2.75) is 52.1 Å². The molecule has 0 aromatic carbocycles. The van der Waals surface area contributed by atoms with E-state index in [4.69, 9.17) is 4.74 Å². The third-order valence-corrected chi connectivity index (χ3v) is 3.79. The molecule has 0 aromatic rings. The summed E-state index contributed by atoms with van der Waals surface area (Å²) in [5.41, 5.74) is -0.390. The summed E-state index contributed by atoms with van der Waals surface area (Å²) in [6.45, 7) is 6.48. The van der Waals surface area contributed by atoms with Crippen molar-refractivity contribution in [3.8, 4) is 0 Å². The average molecular weight is 225 g/mol.